The van der Waals surface area contributed by atoms with Crippen LogP contribution in [0.15, 0.2) is 41.2 Å². The number of hydrogen-bond acceptors (Lipinski definition) is 6. The van der Waals surface area contributed by atoms with Crippen LogP contribution in [0.1, 0.15) is 29.3 Å². The maximum Gasteiger partial charge on any atom is 0.270 e. The van der Waals surface area contributed by atoms with Crippen molar-refractivity contribution >= 4 is 22.2 Å². The number of aromatic nitrogens is 1. The molecule has 0 amide bonds. The lowest BCUT2D eigenvalue weighted by Gasteiger charge is -2.14. The number of ether oxygens (including phenoxy) is 1. The minimum absolute atomic E-state index is 0.154. The van der Waals surface area contributed by atoms with Gasteiger partial charge < -0.3 is 15.0 Å². The van der Waals surface area contributed by atoms with Crippen LogP contribution >= 0.6 is 0 Å². The monoisotopic (exact) mass is 393 g/mol. The van der Waals surface area contributed by atoms with Crippen molar-refractivity contribution in [1.29, 1.82) is 0 Å². The lowest BCUT2D eigenvalue weighted by atomic mass is 10.0. The molecular formula is C21H19N3O5. The number of carbonyl (C=O) groups is 1. The van der Waals surface area contributed by atoms with E-state index in [1.807, 2.05) is 6.92 Å². The highest BCUT2D eigenvalue weighted by molar-refractivity contribution is 6.26. The fourth-order valence-corrected chi connectivity index (χ4v) is 3.83. The Balaban J connectivity index is 2.06. The normalized spacial score (nSPS) is 12.1. The number of nitrogens with two attached hydrogens (primary N) is 1. The molecule has 8 heteroatoms. The van der Waals surface area contributed by atoms with Crippen molar-refractivity contribution < 1.29 is 14.5 Å². The molecule has 2 aromatic carbocycles. The number of hydrogen-bond donors (Lipinski definition) is 1. The summed E-state index contributed by atoms with van der Waals surface area (Å²) < 4.78 is 7.03. The molecule has 1 heterocycles. The maximum absolute atomic E-state index is 13.3. The minimum Gasteiger partial charge on any atom is -0.494 e. The molecule has 2 N–H and O–H groups in total. The van der Waals surface area contributed by atoms with Gasteiger partial charge >= 0.3 is 0 Å². The summed E-state index contributed by atoms with van der Waals surface area (Å²) in [5, 5.41) is 11.8. The van der Waals surface area contributed by atoms with Gasteiger partial charge in [-0.05, 0) is 44.2 Å². The Bertz CT molecular complexity index is 1230. The van der Waals surface area contributed by atoms with Gasteiger partial charge in [0.1, 0.15) is 5.75 Å². The highest BCUT2D eigenvalue weighted by Crippen LogP contribution is 2.41. The third-order valence-electron chi connectivity index (χ3n) is 5.08. The first-order valence-corrected chi connectivity index (χ1v) is 9.34. The topological polar surface area (TPSA) is 117 Å². The third-order valence-corrected chi connectivity index (χ3v) is 5.08. The van der Waals surface area contributed by atoms with Crippen molar-refractivity contribution in [2.45, 2.75) is 19.9 Å². The fourth-order valence-electron chi connectivity index (χ4n) is 3.83. The van der Waals surface area contributed by atoms with Crippen molar-refractivity contribution in [2.24, 2.45) is 5.73 Å². The average molecular weight is 393 g/mol. The first kappa shape index (κ1) is 18.8. The van der Waals surface area contributed by atoms with Crippen LogP contribution in [0.2, 0.25) is 0 Å². The van der Waals surface area contributed by atoms with E-state index in [2.05, 4.69) is 0 Å². The predicted molar refractivity (Wildman–Crippen MR) is 109 cm³/mol. The highest BCUT2D eigenvalue weighted by atomic mass is 16.6. The van der Waals surface area contributed by atoms with Crippen LogP contribution in [0.3, 0.4) is 0 Å². The number of rotatable bonds is 6. The number of pyridine rings is 1. The van der Waals surface area contributed by atoms with Gasteiger partial charge in [0.05, 0.1) is 28.2 Å². The summed E-state index contributed by atoms with van der Waals surface area (Å²) in [4.78, 5) is 37.1. The minimum atomic E-state index is -0.554. The van der Waals surface area contributed by atoms with E-state index >= 15 is 0 Å². The number of nitrogens with zero attached hydrogens (tertiary/aromatic N) is 2. The zero-order valence-electron chi connectivity index (χ0n) is 15.8. The molecule has 0 unspecified atom stereocenters. The molecule has 1 aromatic heterocycles. The molecule has 0 saturated heterocycles. The standard InChI is InChI=1S/C21H19N3O5/c1-2-29-13-5-7-15-16(11-13)20(25)18-14-6-4-12(24(27)28)10-17(14)21(26)23(19(15)18)9-3-8-22/h4-7,10-11H,2-3,8-9,22H2,1H3. The Morgan fingerprint density at radius 2 is 1.90 bits per heavy atom. The van der Waals surface area contributed by atoms with Crippen molar-refractivity contribution in [1.82, 2.24) is 4.57 Å². The predicted octanol–water partition coefficient (Wildman–Crippen LogP) is 2.87. The zero-order chi connectivity index (χ0) is 20.7. The van der Waals surface area contributed by atoms with Gasteiger partial charge in [0.25, 0.3) is 11.2 Å². The van der Waals surface area contributed by atoms with Gasteiger partial charge in [-0.1, -0.05) is 0 Å². The number of nitro benzene ring substituents is 1. The number of carbonyl (C=O) groups excluding carboxylic acids is 1. The summed E-state index contributed by atoms with van der Waals surface area (Å²) in [7, 11) is 0. The Morgan fingerprint density at radius 1 is 1.10 bits per heavy atom. The zero-order valence-corrected chi connectivity index (χ0v) is 15.8. The molecule has 0 radical (unpaired) electrons. The van der Waals surface area contributed by atoms with Gasteiger partial charge in [-0.15, -0.1) is 0 Å². The maximum atomic E-state index is 13.3. The number of benzene rings is 2. The average Bonchev–Trinajstić information content (AvgIpc) is 3.00. The first-order valence-electron chi connectivity index (χ1n) is 9.34. The van der Waals surface area contributed by atoms with Crippen LogP contribution in [0.4, 0.5) is 5.69 Å². The molecular weight excluding hydrogens is 374 g/mol. The lowest BCUT2D eigenvalue weighted by molar-refractivity contribution is -0.384. The van der Waals surface area contributed by atoms with E-state index < -0.39 is 4.92 Å². The van der Waals surface area contributed by atoms with Gasteiger partial charge in [-0.25, -0.2) is 0 Å². The molecule has 3 aromatic rings. The van der Waals surface area contributed by atoms with Crippen LogP contribution < -0.4 is 16.0 Å². The van der Waals surface area contributed by atoms with E-state index in [0.717, 1.165) is 0 Å². The molecule has 29 heavy (non-hydrogen) atoms. The quantitative estimate of drug-likeness (QED) is 0.398. The van der Waals surface area contributed by atoms with Gasteiger partial charge in [-0.2, -0.15) is 0 Å². The SMILES string of the molecule is CCOc1ccc2c(c1)C(=O)c1c-2n(CCCN)c(=O)c2cc([N+](=O)[O-])ccc12. The largest absolute Gasteiger partial charge is 0.494 e. The van der Waals surface area contributed by atoms with Crippen molar-refractivity contribution in [2.75, 3.05) is 13.2 Å². The van der Waals surface area contributed by atoms with Gasteiger partial charge in [0, 0.05) is 35.2 Å². The molecule has 1 aliphatic rings. The van der Waals surface area contributed by atoms with E-state index in [4.69, 9.17) is 10.5 Å². The molecule has 1 aliphatic carbocycles. The molecule has 0 spiro atoms. The molecule has 0 fully saturated rings. The number of non-ortho nitro benzene ring substituents is 1. The van der Waals surface area contributed by atoms with E-state index in [0.29, 0.717) is 59.6 Å². The van der Waals surface area contributed by atoms with Crippen molar-refractivity contribution in [3.8, 4) is 17.0 Å². The number of nitro groups is 1. The van der Waals surface area contributed by atoms with Crippen LogP contribution in [-0.4, -0.2) is 28.4 Å². The van der Waals surface area contributed by atoms with E-state index in [-0.39, 0.29) is 22.4 Å². The Hall–Kier alpha value is -3.52. The van der Waals surface area contributed by atoms with Crippen molar-refractivity contribution in [3.63, 3.8) is 0 Å². The summed E-state index contributed by atoms with van der Waals surface area (Å²) in [5.74, 6) is 0.347. The van der Waals surface area contributed by atoms with Gasteiger partial charge in [0.2, 0.25) is 0 Å². The van der Waals surface area contributed by atoms with Crippen LogP contribution in [0, 0.1) is 10.1 Å². The molecule has 0 atom stereocenters. The summed E-state index contributed by atoms with van der Waals surface area (Å²) in [6.45, 7) is 3.01. The molecule has 4 rings (SSSR count). The second-order valence-corrected chi connectivity index (χ2v) is 6.78. The molecule has 0 aliphatic heterocycles. The van der Waals surface area contributed by atoms with Crippen LogP contribution in [-0.2, 0) is 6.54 Å². The Morgan fingerprint density at radius 3 is 2.59 bits per heavy atom. The fraction of sp³-hybridized carbons (Fsp3) is 0.238. The molecule has 0 bridgehead atoms. The lowest BCUT2D eigenvalue weighted by Crippen LogP contribution is -2.24. The Kier molecular flexibility index (Phi) is 4.63. The van der Waals surface area contributed by atoms with Gasteiger partial charge in [-0.3, -0.25) is 19.7 Å². The number of fused-ring (bicyclic) bond motifs is 5. The van der Waals surface area contributed by atoms with E-state index in [1.54, 1.807) is 18.2 Å². The number of ketones is 1. The summed E-state index contributed by atoms with van der Waals surface area (Å²) in [5.41, 5.74) is 7.10. The molecule has 8 nitrogen and oxygen atoms in total. The van der Waals surface area contributed by atoms with E-state index in [1.165, 1.54) is 22.8 Å². The third kappa shape index (κ3) is 2.89. The smallest absolute Gasteiger partial charge is 0.270 e. The highest BCUT2D eigenvalue weighted by Gasteiger charge is 2.33. The second kappa shape index (κ2) is 7.14. The summed E-state index contributed by atoms with van der Waals surface area (Å²) in [6, 6.07) is 9.25. The molecule has 0 saturated carbocycles. The second-order valence-electron chi connectivity index (χ2n) is 6.78. The van der Waals surface area contributed by atoms with Crippen LogP contribution in [0.25, 0.3) is 22.0 Å². The van der Waals surface area contributed by atoms with Crippen molar-refractivity contribution in [3.05, 3.63) is 68.0 Å². The molecule has 148 valence electrons. The van der Waals surface area contributed by atoms with Gasteiger partial charge in [0.15, 0.2) is 5.78 Å². The first-order chi connectivity index (χ1) is 14.0. The Labute approximate surface area is 165 Å². The van der Waals surface area contributed by atoms with E-state index in [9.17, 15) is 19.7 Å². The summed E-state index contributed by atoms with van der Waals surface area (Å²) in [6.07, 6.45) is 0.535. The summed E-state index contributed by atoms with van der Waals surface area (Å²) >= 11 is 0. The van der Waals surface area contributed by atoms with Crippen LogP contribution in [0.5, 0.6) is 5.75 Å².